The fourth-order valence-electron chi connectivity index (χ4n) is 4.05. The lowest BCUT2D eigenvalue weighted by Crippen LogP contribution is -2.20. The van der Waals surface area contributed by atoms with E-state index in [1.165, 1.54) is 0 Å². The first-order valence-electron chi connectivity index (χ1n) is 10.2. The average Bonchev–Trinajstić information content (AvgIpc) is 3.19. The summed E-state index contributed by atoms with van der Waals surface area (Å²) < 4.78 is 14.6. The number of nitrogens with zero attached hydrogens (tertiary/aromatic N) is 4. The van der Waals surface area contributed by atoms with Crippen molar-refractivity contribution in [3.8, 4) is 22.8 Å². The summed E-state index contributed by atoms with van der Waals surface area (Å²) in [5.74, 6) is 1.46. The second-order valence-electron chi connectivity index (χ2n) is 7.62. The molecule has 0 atom stereocenters. The first kappa shape index (κ1) is 19.8. The van der Waals surface area contributed by atoms with Crippen molar-refractivity contribution >= 4 is 21.8 Å². The van der Waals surface area contributed by atoms with E-state index in [2.05, 4.69) is 10.1 Å². The fourth-order valence-corrected chi connectivity index (χ4v) is 4.05. The first-order chi connectivity index (χ1) is 15.6. The molecule has 0 aliphatic rings. The lowest BCUT2D eigenvalue weighted by Gasteiger charge is -2.15. The lowest BCUT2D eigenvalue weighted by molar-refractivity contribution is 0.414. The number of hydrogen-bond donors (Lipinski definition) is 0. The van der Waals surface area contributed by atoms with Gasteiger partial charge >= 0.3 is 0 Å². The Bertz CT molecular complexity index is 1500. The molecule has 0 aliphatic heterocycles. The summed E-state index contributed by atoms with van der Waals surface area (Å²) in [6, 6.07) is 17.0. The van der Waals surface area contributed by atoms with Crippen LogP contribution in [0.1, 0.15) is 5.56 Å². The molecule has 0 bridgehead atoms. The largest absolute Gasteiger partial charge is 0.497 e. The van der Waals surface area contributed by atoms with E-state index in [4.69, 9.17) is 9.47 Å². The van der Waals surface area contributed by atoms with E-state index in [0.29, 0.717) is 12.3 Å². The summed E-state index contributed by atoms with van der Waals surface area (Å²) in [5.41, 5.74) is 4.23. The highest BCUT2D eigenvalue weighted by Gasteiger charge is 2.15. The van der Waals surface area contributed by atoms with E-state index in [0.717, 1.165) is 44.4 Å². The van der Waals surface area contributed by atoms with E-state index in [9.17, 15) is 4.79 Å². The highest BCUT2D eigenvalue weighted by atomic mass is 16.5. The van der Waals surface area contributed by atoms with Crippen molar-refractivity contribution in [3.63, 3.8) is 0 Å². The molecule has 0 N–H and O–H groups in total. The molecule has 0 amide bonds. The molecule has 7 heteroatoms. The maximum atomic E-state index is 12.7. The van der Waals surface area contributed by atoms with Crippen molar-refractivity contribution in [2.45, 2.75) is 6.54 Å². The van der Waals surface area contributed by atoms with Crippen molar-refractivity contribution in [2.24, 2.45) is 7.05 Å². The standard InChI is InChI=1S/C25H22N4O3/c1-28-15-17-12-21(26-13-22(17)27-28)19-8-10-23-20(25(19)32-3)9-11-24(30)29(23)14-16-4-6-18(31-2)7-5-16/h4-13,15H,14H2,1-3H3. The third-order valence-corrected chi connectivity index (χ3v) is 5.61. The Balaban J connectivity index is 1.64. The van der Waals surface area contributed by atoms with Crippen LogP contribution < -0.4 is 15.0 Å². The minimum absolute atomic E-state index is 0.0713. The number of aryl methyl sites for hydroxylation is 1. The predicted octanol–water partition coefficient (Wildman–Crippen LogP) is 4.02. The molecule has 0 saturated heterocycles. The molecule has 5 rings (SSSR count). The lowest BCUT2D eigenvalue weighted by atomic mass is 10.0. The topological polar surface area (TPSA) is 71.2 Å². The molecule has 2 aromatic carbocycles. The molecule has 0 spiro atoms. The number of methoxy groups -OCH3 is 2. The zero-order chi connectivity index (χ0) is 22.2. The molecule has 0 radical (unpaired) electrons. The number of pyridine rings is 2. The maximum Gasteiger partial charge on any atom is 0.251 e. The first-order valence-corrected chi connectivity index (χ1v) is 10.2. The van der Waals surface area contributed by atoms with Crippen molar-refractivity contribution < 1.29 is 9.47 Å². The summed E-state index contributed by atoms with van der Waals surface area (Å²) in [6.07, 6.45) is 3.72. The Morgan fingerprint density at radius 3 is 2.53 bits per heavy atom. The molecule has 160 valence electrons. The van der Waals surface area contributed by atoms with Crippen LogP contribution in [0.3, 0.4) is 0 Å². The van der Waals surface area contributed by atoms with Crippen LogP contribution in [0.5, 0.6) is 11.5 Å². The number of hydrogen-bond acceptors (Lipinski definition) is 5. The van der Waals surface area contributed by atoms with Crippen LogP contribution >= 0.6 is 0 Å². The van der Waals surface area contributed by atoms with Gasteiger partial charge in [0.05, 0.1) is 38.2 Å². The Morgan fingerprint density at radius 2 is 1.78 bits per heavy atom. The quantitative estimate of drug-likeness (QED) is 0.425. The zero-order valence-corrected chi connectivity index (χ0v) is 18.1. The second kappa shape index (κ2) is 7.85. The molecular weight excluding hydrogens is 404 g/mol. The minimum atomic E-state index is -0.0713. The minimum Gasteiger partial charge on any atom is -0.497 e. The van der Waals surface area contributed by atoms with Gasteiger partial charge < -0.3 is 14.0 Å². The van der Waals surface area contributed by atoms with Gasteiger partial charge in [0, 0.05) is 35.6 Å². The summed E-state index contributed by atoms with van der Waals surface area (Å²) >= 11 is 0. The Morgan fingerprint density at radius 1 is 0.969 bits per heavy atom. The Kier molecular flexibility index (Phi) is 4.86. The summed E-state index contributed by atoms with van der Waals surface area (Å²) in [5, 5.41) is 6.25. The van der Waals surface area contributed by atoms with Crippen LogP contribution in [0.2, 0.25) is 0 Å². The van der Waals surface area contributed by atoms with Crippen molar-refractivity contribution in [2.75, 3.05) is 14.2 Å². The van der Waals surface area contributed by atoms with Gasteiger partial charge in [-0.1, -0.05) is 12.1 Å². The van der Waals surface area contributed by atoms with E-state index >= 15 is 0 Å². The number of benzene rings is 2. The maximum absolute atomic E-state index is 12.7. The van der Waals surface area contributed by atoms with E-state index in [-0.39, 0.29) is 5.56 Å². The normalized spacial score (nSPS) is 11.2. The fraction of sp³-hybridized carbons (Fsp3) is 0.160. The second-order valence-corrected chi connectivity index (χ2v) is 7.62. The van der Waals surface area contributed by atoms with Gasteiger partial charge in [-0.25, -0.2) is 0 Å². The Labute approximate surface area is 184 Å². The van der Waals surface area contributed by atoms with Crippen LogP contribution in [0.25, 0.3) is 33.1 Å². The van der Waals surface area contributed by atoms with Crippen LogP contribution in [0.4, 0.5) is 0 Å². The molecule has 0 aliphatic carbocycles. The number of ether oxygens (including phenoxy) is 2. The van der Waals surface area contributed by atoms with Crippen LogP contribution in [-0.2, 0) is 13.6 Å². The van der Waals surface area contributed by atoms with Gasteiger partial charge in [-0.05, 0) is 42.0 Å². The van der Waals surface area contributed by atoms with Gasteiger partial charge in [0.25, 0.3) is 5.56 Å². The number of aromatic nitrogens is 4. The third kappa shape index (κ3) is 3.37. The summed E-state index contributed by atoms with van der Waals surface area (Å²) in [7, 11) is 5.16. The van der Waals surface area contributed by atoms with Gasteiger partial charge in [0.2, 0.25) is 0 Å². The van der Waals surface area contributed by atoms with Crippen molar-refractivity contribution in [1.29, 1.82) is 0 Å². The molecule has 3 aromatic heterocycles. The Hall–Kier alpha value is -4.13. The monoisotopic (exact) mass is 426 g/mol. The molecule has 0 saturated carbocycles. The van der Waals surface area contributed by atoms with Crippen molar-refractivity contribution in [3.05, 3.63) is 82.9 Å². The number of fused-ring (bicyclic) bond motifs is 2. The van der Waals surface area contributed by atoms with Gasteiger partial charge in [-0.2, -0.15) is 5.10 Å². The van der Waals surface area contributed by atoms with Crippen LogP contribution in [-0.4, -0.2) is 33.6 Å². The van der Waals surface area contributed by atoms with Gasteiger partial charge in [-0.15, -0.1) is 0 Å². The average molecular weight is 426 g/mol. The molecule has 7 nitrogen and oxygen atoms in total. The van der Waals surface area contributed by atoms with Crippen LogP contribution in [0.15, 0.2) is 71.8 Å². The third-order valence-electron chi connectivity index (χ3n) is 5.61. The van der Waals surface area contributed by atoms with E-state index < -0.39 is 0 Å². The highest BCUT2D eigenvalue weighted by molar-refractivity contribution is 5.94. The van der Waals surface area contributed by atoms with E-state index in [1.54, 1.807) is 35.7 Å². The van der Waals surface area contributed by atoms with Crippen molar-refractivity contribution in [1.82, 2.24) is 19.3 Å². The van der Waals surface area contributed by atoms with Gasteiger partial charge in [0.15, 0.2) is 0 Å². The van der Waals surface area contributed by atoms with Crippen LogP contribution in [0, 0.1) is 0 Å². The molecule has 5 aromatic rings. The SMILES string of the molecule is COc1ccc(Cn2c(=O)ccc3c(OC)c(-c4cc5cn(C)nc5cn4)ccc32)cc1. The summed E-state index contributed by atoms with van der Waals surface area (Å²) in [6.45, 7) is 0.447. The van der Waals surface area contributed by atoms with E-state index in [1.807, 2.05) is 61.8 Å². The predicted molar refractivity (Wildman–Crippen MR) is 124 cm³/mol. The molecule has 3 heterocycles. The molecule has 0 fully saturated rings. The van der Waals surface area contributed by atoms with Gasteiger partial charge in [0.1, 0.15) is 17.0 Å². The highest BCUT2D eigenvalue weighted by Crippen LogP contribution is 2.36. The molecule has 0 unspecified atom stereocenters. The number of rotatable bonds is 5. The smallest absolute Gasteiger partial charge is 0.251 e. The molecular formula is C25H22N4O3. The summed E-state index contributed by atoms with van der Waals surface area (Å²) in [4.78, 5) is 17.3. The molecule has 32 heavy (non-hydrogen) atoms. The zero-order valence-electron chi connectivity index (χ0n) is 18.1. The van der Waals surface area contributed by atoms with Gasteiger partial charge in [-0.3, -0.25) is 14.5 Å².